The first-order valence-corrected chi connectivity index (χ1v) is 8.40. The number of amides is 2. The molecular weight excluding hydrogens is 312 g/mol. The molecule has 2 amide bonds. The van der Waals surface area contributed by atoms with Gasteiger partial charge in [-0.1, -0.05) is 54.6 Å². The van der Waals surface area contributed by atoms with E-state index >= 15 is 0 Å². The molecule has 1 unspecified atom stereocenters. The van der Waals surface area contributed by atoms with Gasteiger partial charge in [-0.15, -0.1) is 0 Å². The van der Waals surface area contributed by atoms with E-state index in [0.717, 1.165) is 16.7 Å². The summed E-state index contributed by atoms with van der Waals surface area (Å²) in [4.78, 5) is 28.1. The molecule has 1 atom stereocenters. The van der Waals surface area contributed by atoms with Gasteiger partial charge in [-0.05, 0) is 22.8 Å². The van der Waals surface area contributed by atoms with Crippen molar-refractivity contribution in [1.82, 2.24) is 9.80 Å². The van der Waals surface area contributed by atoms with Gasteiger partial charge in [0.1, 0.15) is 0 Å². The first-order chi connectivity index (χ1) is 12.1. The molecule has 4 nitrogen and oxygen atoms in total. The van der Waals surface area contributed by atoms with Crippen LogP contribution in [0.5, 0.6) is 0 Å². The fourth-order valence-electron chi connectivity index (χ4n) is 3.18. The Bertz CT molecular complexity index is 799. The number of carbonyl (C=O) groups excluding carboxylic acids is 2. The maximum absolute atomic E-state index is 12.8. The highest BCUT2D eigenvalue weighted by Gasteiger charge is 2.29. The molecule has 1 aliphatic heterocycles. The molecule has 0 fully saturated rings. The largest absolute Gasteiger partial charge is 0.341 e. The van der Waals surface area contributed by atoms with Crippen molar-refractivity contribution in [2.24, 2.45) is 0 Å². The summed E-state index contributed by atoms with van der Waals surface area (Å²) in [6, 6.07) is 17.5. The minimum absolute atomic E-state index is 0.0187. The molecule has 1 aliphatic rings. The fourth-order valence-corrected chi connectivity index (χ4v) is 3.18. The van der Waals surface area contributed by atoms with Gasteiger partial charge in [0.25, 0.3) is 0 Å². The summed E-state index contributed by atoms with van der Waals surface area (Å²) in [6.45, 7) is 2.09. The van der Waals surface area contributed by atoms with Gasteiger partial charge in [0.15, 0.2) is 0 Å². The average Bonchev–Trinajstić information content (AvgIpc) is 2.62. The van der Waals surface area contributed by atoms with Crippen LogP contribution in [0.4, 0.5) is 0 Å². The molecule has 128 valence electrons. The highest BCUT2D eigenvalue weighted by molar-refractivity contribution is 5.81. The highest BCUT2D eigenvalue weighted by Crippen LogP contribution is 2.33. The van der Waals surface area contributed by atoms with Crippen molar-refractivity contribution in [3.05, 3.63) is 77.5 Å². The molecule has 0 N–H and O–H groups in total. The van der Waals surface area contributed by atoms with E-state index in [4.69, 9.17) is 0 Å². The predicted molar refractivity (Wildman–Crippen MR) is 98.3 cm³/mol. The monoisotopic (exact) mass is 334 g/mol. The zero-order valence-electron chi connectivity index (χ0n) is 14.6. The van der Waals surface area contributed by atoms with Crippen LogP contribution in [-0.2, 0) is 16.1 Å². The molecule has 0 aromatic heterocycles. The Morgan fingerprint density at radius 2 is 1.72 bits per heavy atom. The minimum atomic E-state index is -0.260. The molecule has 0 radical (unpaired) electrons. The topological polar surface area (TPSA) is 40.6 Å². The number of carbonyl (C=O) groups is 2. The number of fused-ring (bicyclic) bond motifs is 1. The van der Waals surface area contributed by atoms with Crippen LogP contribution in [0.25, 0.3) is 6.08 Å². The summed E-state index contributed by atoms with van der Waals surface area (Å²) in [5.74, 6) is -0.0422. The molecule has 0 saturated carbocycles. The van der Waals surface area contributed by atoms with Gasteiger partial charge < -0.3 is 9.80 Å². The number of benzene rings is 2. The smallest absolute Gasteiger partial charge is 0.225 e. The van der Waals surface area contributed by atoms with Crippen LogP contribution >= 0.6 is 0 Å². The van der Waals surface area contributed by atoms with E-state index in [2.05, 4.69) is 0 Å². The zero-order valence-corrected chi connectivity index (χ0v) is 14.6. The van der Waals surface area contributed by atoms with Crippen molar-refractivity contribution < 1.29 is 9.59 Å². The van der Waals surface area contributed by atoms with E-state index < -0.39 is 0 Å². The lowest BCUT2D eigenvalue weighted by Crippen LogP contribution is -2.35. The minimum Gasteiger partial charge on any atom is -0.341 e. The number of nitrogens with zero attached hydrogens (tertiary/aromatic N) is 2. The standard InChI is InChI=1S/C21H22N2O2/c1-16(24)23-13-12-18-10-6-7-11-19(18)20(23)14-21(25)22(2)15-17-8-4-3-5-9-17/h3-13,20H,14-15H2,1-2H3. The Kier molecular flexibility index (Phi) is 4.98. The molecule has 0 spiro atoms. The van der Waals surface area contributed by atoms with E-state index in [0.29, 0.717) is 6.54 Å². The third-order valence-electron chi connectivity index (χ3n) is 4.53. The normalized spacial score (nSPS) is 15.6. The number of hydrogen-bond donors (Lipinski definition) is 0. The Morgan fingerprint density at radius 3 is 2.44 bits per heavy atom. The van der Waals surface area contributed by atoms with Gasteiger partial charge in [0.05, 0.1) is 12.5 Å². The third kappa shape index (κ3) is 3.79. The number of rotatable bonds is 4. The van der Waals surface area contributed by atoms with Crippen LogP contribution in [0.1, 0.15) is 36.1 Å². The molecule has 0 aliphatic carbocycles. The summed E-state index contributed by atoms with van der Waals surface area (Å²) < 4.78 is 0. The van der Waals surface area contributed by atoms with Gasteiger partial charge in [0, 0.05) is 26.7 Å². The Labute approximate surface area is 148 Å². The summed E-state index contributed by atoms with van der Waals surface area (Å²) in [6.07, 6.45) is 3.97. The molecule has 3 rings (SSSR count). The molecule has 0 bridgehead atoms. The van der Waals surface area contributed by atoms with E-state index in [-0.39, 0.29) is 24.3 Å². The van der Waals surface area contributed by atoms with Gasteiger partial charge in [-0.2, -0.15) is 0 Å². The first kappa shape index (κ1) is 17.0. The first-order valence-electron chi connectivity index (χ1n) is 8.40. The molecule has 25 heavy (non-hydrogen) atoms. The van der Waals surface area contributed by atoms with Gasteiger partial charge >= 0.3 is 0 Å². The molecular formula is C21H22N2O2. The van der Waals surface area contributed by atoms with Crippen LogP contribution in [0, 0.1) is 0 Å². The summed E-state index contributed by atoms with van der Waals surface area (Å²) in [5.41, 5.74) is 3.16. The van der Waals surface area contributed by atoms with Gasteiger partial charge in [0.2, 0.25) is 11.8 Å². The quantitative estimate of drug-likeness (QED) is 0.857. The van der Waals surface area contributed by atoms with Crippen molar-refractivity contribution >= 4 is 17.9 Å². The van der Waals surface area contributed by atoms with E-state index in [1.165, 1.54) is 6.92 Å². The van der Waals surface area contributed by atoms with Crippen molar-refractivity contribution in [2.75, 3.05) is 7.05 Å². The SMILES string of the molecule is CC(=O)N1C=Cc2ccccc2C1CC(=O)N(C)Cc1ccccc1. The second-order valence-corrected chi connectivity index (χ2v) is 6.33. The van der Waals surface area contributed by atoms with Gasteiger partial charge in [-0.3, -0.25) is 9.59 Å². The maximum Gasteiger partial charge on any atom is 0.225 e. The average molecular weight is 334 g/mol. The second kappa shape index (κ2) is 7.34. The van der Waals surface area contributed by atoms with Crippen molar-refractivity contribution in [1.29, 1.82) is 0 Å². The van der Waals surface area contributed by atoms with Crippen LogP contribution in [0.15, 0.2) is 60.8 Å². The summed E-state index contributed by atoms with van der Waals surface area (Å²) in [5, 5.41) is 0. The van der Waals surface area contributed by atoms with Crippen molar-refractivity contribution in [2.45, 2.75) is 25.9 Å². The predicted octanol–water partition coefficient (Wildman–Crippen LogP) is 3.61. The third-order valence-corrected chi connectivity index (χ3v) is 4.53. The second-order valence-electron chi connectivity index (χ2n) is 6.33. The van der Waals surface area contributed by atoms with Crippen molar-refractivity contribution in [3.8, 4) is 0 Å². The molecule has 0 saturated heterocycles. The zero-order chi connectivity index (χ0) is 17.8. The van der Waals surface area contributed by atoms with Crippen LogP contribution in [0.2, 0.25) is 0 Å². The molecule has 2 aromatic carbocycles. The van der Waals surface area contributed by atoms with Crippen molar-refractivity contribution in [3.63, 3.8) is 0 Å². The van der Waals surface area contributed by atoms with E-state index in [1.807, 2.05) is 60.7 Å². The van der Waals surface area contributed by atoms with Crippen LogP contribution in [0.3, 0.4) is 0 Å². The molecule has 2 aromatic rings. The number of hydrogen-bond acceptors (Lipinski definition) is 2. The Balaban J connectivity index is 1.78. The summed E-state index contributed by atoms with van der Waals surface area (Å²) in [7, 11) is 1.80. The van der Waals surface area contributed by atoms with E-state index in [1.54, 1.807) is 23.0 Å². The maximum atomic E-state index is 12.8. The molecule has 4 heteroatoms. The lowest BCUT2D eigenvalue weighted by molar-refractivity contribution is -0.134. The van der Waals surface area contributed by atoms with Crippen LogP contribution < -0.4 is 0 Å². The fraction of sp³-hybridized carbons (Fsp3) is 0.238. The van der Waals surface area contributed by atoms with Gasteiger partial charge in [-0.25, -0.2) is 0 Å². The Hall–Kier alpha value is -2.88. The van der Waals surface area contributed by atoms with Crippen LogP contribution in [-0.4, -0.2) is 28.7 Å². The molecule has 1 heterocycles. The lowest BCUT2D eigenvalue weighted by Gasteiger charge is -2.33. The summed E-state index contributed by atoms with van der Waals surface area (Å²) >= 11 is 0. The lowest BCUT2D eigenvalue weighted by atomic mass is 9.93. The van der Waals surface area contributed by atoms with E-state index in [9.17, 15) is 9.59 Å². The Morgan fingerprint density at radius 1 is 1.04 bits per heavy atom. The highest BCUT2D eigenvalue weighted by atomic mass is 16.2.